The van der Waals surface area contributed by atoms with E-state index in [4.69, 9.17) is 0 Å². The summed E-state index contributed by atoms with van der Waals surface area (Å²) in [7, 11) is -3.65. The number of imidazole rings is 1. The lowest BCUT2D eigenvalue weighted by Gasteiger charge is -2.09. The standard InChI is InChI=1S/C14H13N3O2S/c1-10-15-9-14(16-10)20(18,19)17-13-8-4-6-11-5-2-3-7-12(11)13/h2-9,17H,1H3,(H,15,16). The van der Waals surface area contributed by atoms with Gasteiger partial charge in [-0.1, -0.05) is 36.4 Å². The first-order valence-electron chi connectivity index (χ1n) is 6.08. The van der Waals surface area contributed by atoms with Crippen molar-refractivity contribution in [2.75, 3.05) is 4.72 Å². The fraction of sp³-hybridized carbons (Fsp3) is 0.0714. The first kappa shape index (κ1) is 12.7. The maximum absolute atomic E-state index is 12.3. The van der Waals surface area contributed by atoms with Gasteiger partial charge in [-0.15, -0.1) is 0 Å². The Bertz CT molecular complexity index is 864. The average Bonchev–Trinajstić information content (AvgIpc) is 2.86. The minimum absolute atomic E-state index is 0.0583. The van der Waals surface area contributed by atoms with Crippen LogP contribution in [-0.4, -0.2) is 18.4 Å². The Morgan fingerprint density at radius 1 is 1.10 bits per heavy atom. The van der Waals surface area contributed by atoms with Gasteiger partial charge in [0, 0.05) is 5.39 Å². The van der Waals surface area contributed by atoms with Crippen molar-refractivity contribution in [3.63, 3.8) is 0 Å². The molecule has 20 heavy (non-hydrogen) atoms. The summed E-state index contributed by atoms with van der Waals surface area (Å²) in [5, 5.41) is 1.89. The molecule has 1 aromatic heterocycles. The summed E-state index contributed by atoms with van der Waals surface area (Å²) < 4.78 is 27.1. The molecule has 0 aliphatic carbocycles. The zero-order chi connectivity index (χ0) is 14.2. The molecule has 5 nitrogen and oxygen atoms in total. The Morgan fingerprint density at radius 3 is 2.60 bits per heavy atom. The summed E-state index contributed by atoms with van der Waals surface area (Å²) in [5.41, 5.74) is 0.551. The molecule has 2 aromatic carbocycles. The van der Waals surface area contributed by atoms with Gasteiger partial charge in [-0.25, -0.2) is 4.98 Å². The summed E-state index contributed by atoms with van der Waals surface area (Å²) in [6.45, 7) is 1.71. The predicted octanol–water partition coefficient (Wildman–Crippen LogP) is 2.67. The molecule has 0 amide bonds. The minimum atomic E-state index is -3.65. The molecule has 0 atom stereocenters. The van der Waals surface area contributed by atoms with E-state index in [9.17, 15) is 8.42 Å². The van der Waals surface area contributed by atoms with Crippen molar-refractivity contribution in [2.24, 2.45) is 0 Å². The number of rotatable bonds is 3. The largest absolute Gasteiger partial charge is 0.332 e. The summed E-state index contributed by atoms with van der Waals surface area (Å²) in [4.78, 5) is 6.64. The third-order valence-corrected chi connectivity index (χ3v) is 4.28. The Balaban J connectivity index is 2.05. The van der Waals surface area contributed by atoms with Crippen LogP contribution in [0.2, 0.25) is 0 Å². The maximum Gasteiger partial charge on any atom is 0.279 e. The van der Waals surface area contributed by atoms with Crippen LogP contribution in [0.4, 0.5) is 5.69 Å². The Hall–Kier alpha value is -2.34. The normalized spacial score (nSPS) is 11.7. The van der Waals surface area contributed by atoms with Crippen molar-refractivity contribution in [1.82, 2.24) is 9.97 Å². The van der Waals surface area contributed by atoms with E-state index < -0.39 is 10.0 Å². The molecule has 0 spiro atoms. The fourth-order valence-electron chi connectivity index (χ4n) is 2.05. The van der Waals surface area contributed by atoms with Gasteiger partial charge in [0.2, 0.25) is 0 Å². The van der Waals surface area contributed by atoms with E-state index >= 15 is 0 Å². The number of hydrogen-bond acceptors (Lipinski definition) is 3. The number of aromatic amines is 1. The summed E-state index contributed by atoms with van der Waals surface area (Å²) in [6, 6.07) is 13.1. The van der Waals surface area contributed by atoms with Crippen LogP contribution in [0.25, 0.3) is 10.8 Å². The number of benzene rings is 2. The van der Waals surface area contributed by atoms with Gasteiger partial charge in [0.15, 0.2) is 5.03 Å². The smallest absolute Gasteiger partial charge is 0.279 e. The monoisotopic (exact) mass is 287 g/mol. The SMILES string of the molecule is Cc1ncc(S(=O)(=O)Nc2cccc3ccccc23)[nH]1. The van der Waals surface area contributed by atoms with Gasteiger partial charge in [-0.3, -0.25) is 4.72 Å². The molecule has 3 aromatic rings. The average molecular weight is 287 g/mol. The number of aryl methyl sites for hydroxylation is 1. The van der Waals surface area contributed by atoms with Crippen LogP contribution in [0.15, 0.2) is 53.7 Å². The highest BCUT2D eigenvalue weighted by Crippen LogP contribution is 2.25. The number of sulfonamides is 1. The van der Waals surface area contributed by atoms with Crippen LogP contribution in [0.3, 0.4) is 0 Å². The fourth-order valence-corrected chi connectivity index (χ4v) is 3.10. The molecule has 102 valence electrons. The molecule has 2 N–H and O–H groups in total. The van der Waals surface area contributed by atoms with E-state index in [0.29, 0.717) is 11.5 Å². The lowest BCUT2D eigenvalue weighted by atomic mass is 10.1. The molecule has 0 bridgehead atoms. The first-order valence-corrected chi connectivity index (χ1v) is 7.57. The molecular formula is C14H13N3O2S. The second kappa shape index (κ2) is 4.64. The molecule has 0 saturated carbocycles. The van der Waals surface area contributed by atoms with Crippen molar-refractivity contribution in [1.29, 1.82) is 0 Å². The van der Waals surface area contributed by atoms with E-state index in [-0.39, 0.29) is 5.03 Å². The van der Waals surface area contributed by atoms with E-state index in [0.717, 1.165) is 10.8 Å². The maximum atomic E-state index is 12.3. The predicted molar refractivity (Wildman–Crippen MR) is 78.1 cm³/mol. The number of hydrogen-bond donors (Lipinski definition) is 2. The zero-order valence-corrected chi connectivity index (χ0v) is 11.6. The summed E-state index contributed by atoms with van der Waals surface area (Å²) >= 11 is 0. The van der Waals surface area contributed by atoms with Crippen molar-refractivity contribution in [3.05, 3.63) is 54.5 Å². The molecule has 1 heterocycles. The van der Waals surface area contributed by atoms with Gasteiger partial charge in [0.1, 0.15) is 5.82 Å². The molecule has 0 aliphatic rings. The highest BCUT2D eigenvalue weighted by atomic mass is 32.2. The number of fused-ring (bicyclic) bond motifs is 1. The van der Waals surface area contributed by atoms with Crippen molar-refractivity contribution in [2.45, 2.75) is 11.9 Å². The molecule has 0 aliphatic heterocycles. The highest BCUT2D eigenvalue weighted by Gasteiger charge is 2.17. The van der Waals surface area contributed by atoms with Gasteiger partial charge in [0.25, 0.3) is 10.0 Å². The number of H-pyrrole nitrogens is 1. The molecular weight excluding hydrogens is 274 g/mol. The number of nitrogens with zero attached hydrogens (tertiary/aromatic N) is 1. The summed E-state index contributed by atoms with van der Waals surface area (Å²) in [5.74, 6) is 0.559. The van der Waals surface area contributed by atoms with E-state index in [2.05, 4.69) is 14.7 Å². The number of aromatic nitrogens is 2. The van der Waals surface area contributed by atoms with Gasteiger partial charge < -0.3 is 4.98 Å². The molecule has 0 radical (unpaired) electrons. The highest BCUT2D eigenvalue weighted by molar-refractivity contribution is 7.92. The van der Waals surface area contributed by atoms with Crippen molar-refractivity contribution < 1.29 is 8.42 Å². The second-order valence-electron chi connectivity index (χ2n) is 4.47. The van der Waals surface area contributed by atoms with Crippen LogP contribution in [0, 0.1) is 6.92 Å². The van der Waals surface area contributed by atoms with Crippen LogP contribution < -0.4 is 4.72 Å². The molecule has 0 saturated heterocycles. The Labute approximate surface area is 116 Å². The molecule has 6 heteroatoms. The zero-order valence-electron chi connectivity index (χ0n) is 10.8. The van der Waals surface area contributed by atoms with Crippen LogP contribution in [0.1, 0.15) is 5.82 Å². The first-order chi connectivity index (χ1) is 9.56. The molecule has 0 fully saturated rings. The number of nitrogens with one attached hydrogen (secondary N) is 2. The minimum Gasteiger partial charge on any atom is -0.332 e. The van der Waals surface area contributed by atoms with E-state index in [1.54, 1.807) is 13.0 Å². The molecule has 0 unspecified atom stereocenters. The number of anilines is 1. The lowest BCUT2D eigenvalue weighted by molar-refractivity contribution is 0.598. The van der Waals surface area contributed by atoms with Gasteiger partial charge in [-0.05, 0) is 18.4 Å². The third kappa shape index (κ3) is 2.25. The van der Waals surface area contributed by atoms with E-state index in [1.807, 2.05) is 36.4 Å². The van der Waals surface area contributed by atoms with Crippen molar-refractivity contribution in [3.8, 4) is 0 Å². The van der Waals surface area contributed by atoms with Gasteiger partial charge in [0.05, 0.1) is 11.9 Å². The topological polar surface area (TPSA) is 74.8 Å². The Morgan fingerprint density at radius 2 is 1.85 bits per heavy atom. The third-order valence-electron chi connectivity index (χ3n) is 3.00. The van der Waals surface area contributed by atoms with Crippen LogP contribution in [0.5, 0.6) is 0 Å². The van der Waals surface area contributed by atoms with Gasteiger partial charge >= 0.3 is 0 Å². The van der Waals surface area contributed by atoms with Crippen molar-refractivity contribution >= 4 is 26.5 Å². The molecule has 3 rings (SSSR count). The second-order valence-corrected chi connectivity index (χ2v) is 6.12. The lowest BCUT2D eigenvalue weighted by Crippen LogP contribution is -2.13. The quantitative estimate of drug-likeness (QED) is 0.777. The Kier molecular flexibility index (Phi) is 2.94. The van der Waals surface area contributed by atoms with E-state index in [1.165, 1.54) is 6.20 Å². The van der Waals surface area contributed by atoms with Gasteiger partial charge in [-0.2, -0.15) is 8.42 Å². The summed E-state index contributed by atoms with van der Waals surface area (Å²) in [6.07, 6.45) is 1.31. The van der Waals surface area contributed by atoms with Crippen LogP contribution >= 0.6 is 0 Å². The van der Waals surface area contributed by atoms with Crippen LogP contribution in [-0.2, 0) is 10.0 Å².